The van der Waals surface area contributed by atoms with E-state index in [1.165, 1.54) is 44.2 Å². The SMILES string of the molecule is O=C(CCc1ncc(-c2ccc(F)cc2)o1)NC1CC2CC1C1CCCC21. The van der Waals surface area contributed by atoms with Gasteiger partial charge in [0.15, 0.2) is 11.7 Å². The van der Waals surface area contributed by atoms with E-state index in [2.05, 4.69) is 10.3 Å². The molecule has 3 saturated carbocycles. The topological polar surface area (TPSA) is 55.1 Å². The van der Waals surface area contributed by atoms with E-state index in [-0.39, 0.29) is 11.7 Å². The molecule has 0 spiro atoms. The quantitative estimate of drug-likeness (QED) is 0.853. The number of amides is 1. The molecule has 5 rings (SSSR count). The minimum Gasteiger partial charge on any atom is -0.441 e. The fourth-order valence-corrected chi connectivity index (χ4v) is 5.91. The summed E-state index contributed by atoms with van der Waals surface area (Å²) < 4.78 is 18.7. The van der Waals surface area contributed by atoms with Crippen molar-refractivity contribution >= 4 is 5.91 Å². The van der Waals surface area contributed by atoms with Gasteiger partial charge in [-0.1, -0.05) is 6.42 Å². The number of hydrogen-bond donors (Lipinski definition) is 1. The van der Waals surface area contributed by atoms with Crippen LogP contribution in [0.25, 0.3) is 11.3 Å². The van der Waals surface area contributed by atoms with E-state index in [1.54, 1.807) is 18.3 Å². The summed E-state index contributed by atoms with van der Waals surface area (Å²) in [5.41, 5.74) is 0.785. The smallest absolute Gasteiger partial charge is 0.220 e. The van der Waals surface area contributed by atoms with E-state index in [1.807, 2.05) is 0 Å². The zero-order valence-corrected chi connectivity index (χ0v) is 15.4. The van der Waals surface area contributed by atoms with Gasteiger partial charge in [-0.05, 0) is 73.6 Å². The van der Waals surface area contributed by atoms with Crippen molar-refractivity contribution in [2.24, 2.45) is 23.7 Å². The predicted octanol–water partition coefficient (Wildman–Crippen LogP) is 4.35. The van der Waals surface area contributed by atoms with Crippen molar-refractivity contribution < 1.29 is 13.6 Å². The van der Waals surface area contributed by atoms with Crippen molar-refractivity contribution in [1.82, 2.24) is 10.3 Å². The minimum atomic E-state index is -0.278. The standard InChI is InChI=1S/C22H25FN2O2/c23-15-6-4-13(5-7-15)20-12-24-22(27-20)9-8-21(26)25-19-11-14-10-18(19)17-3-1-2-16(14)17/h4-7,12,14,16-19H,1-3,8-11H2,(H,25,26). The number of halogens is 1. The van der Waals surface area contributed by atoms with Crippen molar-refractivity contribution in [3.8, 4) is 11.3 Å². The van der Waals surface area contributed by atoms with E-state index in [0.29, 0.717) is 36.5 Å². The molecule has 4 nitrogen and oxygen atoms in total. The van der Waals surface area contributed by atoms with Gasteiger partial charge in [0.1, 0.15) is 5.82 Å². The molecule has 3 fully saturated rings. The average molecular weight is 368 g/mol. The van der Waals surface area contributed by atoms with Crippen LogP contribution in [0.5, 0.6) is 0 Å². The van der Waals surface area contributed by atoms with E-state index in [0.717, 1.165) is 23.3 Å². The number of aromatic nitrogens is 1. The van der Waals surface area contributed by atoms with E-state index < -0.39 is 0 Å². The number of carbonyl (C=O) groups excluding carboxylic acids is 1. The molecule has 3 aliphatic carbocycles. The number of nitrogens with one attached hydrogen (secondary N) is 1. The summed E-state index contributed by atoms with van der Waals surface area (Å²) in [5, 5.41) is 3.29. The molecule has 5 unspecified atom stereocenters. The second kappa shape index (κ2) is 6.77. The zero-order valence-electron chi connectivity index (χ0n) is 15.4. The van der Waals surface area contributed by atoms with Crippen molar-refractivity contribution in [1.29, 1.82) is 0 Å². The molecule has 142 valence electrons. The minimum absolute atomic E-state index is 0.101. The summed E-state index contributed by atoms with van der Waals surface area (Å²) in [7, 11) is 0. The van der Waals surface area contributed by atoms with E-state index in [9.17, 15) is 9.18 Å². The van der Waals surface area contributed by atoms with Crippen LogP contribution in [0, 0.1) is 29.5 Å². The highest BCUT2D eigenvalue weighted by Crippen LogP contribution is 2.58. The van der Waals surface area contributed by atoms with Crippen molar-refractivity contribution in [3.63, 3.8) is 0 Å². The number of oxazole rings is 1. The van der Waals surface area contributed by atoms with Crippen LogP contribution in [0.1, 0.15) is 44.4 Å². The van der Waals surface area contributed by atoms with Crippen molar-refractivity contribution in [2.45, 2.75) is 51.0 Å². The highest BCUT2D eigenvalue weighted by Gasteiger charge is 2.53. The Balaban J connectivity index is 1.14. The molecule has 1 heterocycles. The lowest BCUT2D eigenvalue weighted by atomic mass is 9.79. The van der Waals surface area contributed by atoms with Crippen LogP contribution in [0.3, 0.4) is 0 Å². The molecule has 1 N–H and O–H groups in total. The highest BCUT2D eigenvalue weighted by molar-refractivity contribution is 5.76. The first-order valence-electron chi connectivity index (χ1n) is 10.2. The Hall–Kier alpha value is -2.17. The van der Waals surface area contributed by atoms with Crippen LogP contribution in [-0.4, -0.2) is 16.9 Å². The molecule has 0 aliphatic heterocycles. The third kappa shape index (κ3) is 3.17. The fraction of sp³-hybridized carbons (Fsp3) is 0.545. The van der Waals surface area contributed by atoms with Gasteiger partial charge < -0.3 is 9.73 Å². The second-order valence-electron chi connectivity index (χ2n) is 8.45. The third-order valence-electron chi connectivity index (χ3n) is 7.02. The molecule has 2 aromatic rings. The molecule has 27 heavy (non-hydrogen) atoms. The third-order valence-corrected chi connectivity index (χ3v) is 7.02. The predicted molar refractivity (Wildman–Crippen MR) is 99.2 cm³/mol. The normalized spacial score (nSPS) is 31.2. The number of aryl methyl sites for hydroxylation is 1. The number of carbonyl (C=O) groups is 1. The summed E-state index contributed by atoms with van der Waals surface area (Å²) in [5.74, 6) is 4.33. The Labute approximate surface area is 158 Å². The summed E-state index contributed by atoms with van der Waals surface area (Å²) in [6, 6.07) is 6.50. The van der Waals surface area contributed by atoms with Crippen LogP contribution in [-0.2, 0) is 11.2 Å². The molecule has 1 amide bonds. The molecule has 5 heteroatoms. The number of rotatable bonds is 5. The number of hydrogen-bond acceptors (Lipinski definition) is 3. The lowest BCUT2D eigenvalue weighted by Crippen LogP contribution is -2.42. The van der Waals surface area contributed by atoms with Gasteiger partial charge in [0.05, 0.1) is 6.20 Å². The highest BCUT2D eigenvalue weighted by atomic mass is 19.1. The Morgan fingerprint density at radius 3 is 2.81 bits per heavy atom. The monoisotopic (exact) mass is 368 g/mol. The van der Waals surface area contributed by atoms with Gasteiger partial charge in [0.2, 0.25) is 5.91 Å². The molecule has 1 aromatic carbocycles. The van der Waals surface area contributed by atoms with Gasteiger partial charge in [-0.25, -0.2) is 9.37 Å². The van der Waals surface area contributed by atoms with Crippen LogP contribution in [0.4, 0.5) is 4.39 Å². The molecule has 2 bridgehead atoms. The summed E-state index contributed by atoms with van der Waals surface area (Å²) in [4.78, 5) is 16.7. The first-order chi connectivity index (χ1) is 13.2. The molecule has 1 aromatic heterocycles. The average Bonchev–Trinajstić information content (AvgIpc) is 3.42. The van der Waals surface area contributed by atoms with Gasteiger partial charge >= 0.3 is 0 Å². The molecular weight excluding hydrogens is 343 g/mol. The molecule has 3 aliphatic rings. The van der Waals surface area contributed by atoms with Crippen LogP contribution < -0.4 is 5.32 Å². The van der Waals surface area contributed by atoms with Gasteiger partial charge in [0.25, 0.3) is 0 Å². The first-order valence-corrected chi connectivity index (χ1v) is 10.2. The lowest BCUT2D eigenvalue weighted by molar-refractivity contribution is -0.122. The largest absolute Gasteiger partial charge is 0.441 e. The van der Waals surface area contributed by atoms with Crippen LogP contribution in [0.2, 0.25) is 0 Å². The molecule has 5 atom stereocenters. The van der Waals surface area contributed by atoms with Gasteiger partial charge in [-0.3, -0.25) is 4.79 Å². The van der Waals surface area contributed by atoms with E-state index in [4.69, 9.17) is 4.42 Å². The molecular formula is C22H25FN2O2. The summed E-state index contributed by atoms with van der Waals surface area (Å²) >= 11 is 0. The maximum atomic E-state index is 13.0. The van der Waals surface area contributed by atoms with Crippen LogP contribution in [0.15, 0.2) is 34.9 Å². The van der Waals surface area contributed by atoms with Crippen molar-refractivity contribution in [3.05, 3.63) is 42.2 Å². The second-order valence-corrected chi connectivity index (χ2v) is 8.45. The van der Waals surface area contributed by atoms with Gasteiger partial charge in [-0.15, -0.1) is 0 Å². The maximum absolute atomic E-state index is 13.0. The first kappa shape index (κ1) is 17.0. The van der Waals surface area contributed by atoms with E-state index >= 15 is 0 Å². The maximum Gasteiger partial charge on any atom is 0.220 e. The number of fused-ring (bicyclic) bond motifs is 5. The Morgan fingerprint density at radius 1 is 1.15 bits per heavy atom. The Morgan fingerprint density at radius 2 is 1.96 bits per heavy atom. The zero-order chi connectivity index (χ0) is 18.4. The van der Waals surface area contributed by atoms with Crippen molar-refractivity contribution in [2.75, 3.05) is 0 Å². The Bertz CT molecular complexity index is 831. The number of benzene rings is 1. The van der Waals surface area contributed by atoms with Gasteiger partial charge in [-0.2, -0.15) is 0 Å². The lowest BCUT2D eigenvalue weighted by Gasteiger charge is -2.32. The number of nitrogens with zero attached hydrogens (tertiary/aromatic N) is 1. The summed E-state index contributed by atoms with van der Waals surface area (Å²) in [6.07, 6.45) is 9.16. The molecule has 0 radical (unpaired) electrons. The fourth-order valence-electron chi connectivity index (χ4n) is 5.91. The Kier molecular flexibility index (Phi) is 4.25. The van der Waals surface area contributed by atoms with Crippen LogP contribution >= 0.6 is 0 Å². The van der Waals surface area contributed by atoms with Gasteiger partial charge in [0, 0.05) is 24.4 Å². The molecule has 0 saturated heterocycles. The summed E-state index contributed by atoms with van der Waals surface area (Å²) in [6.45, 7) is 0.